The highest BCUT2D eigenvalue weighted by atomic mass is 16.7. The highest BCUT2D eigenvalue weighted by molar-refractivity contribution is 5.66. The van der Waals surface area contributed by atoms with E-state index in [1.54, 1.807) is 0 Å². The van der Waals surface area contributed by atoms with Crippen LogP contribution in [0.15, 0.2) is 0 Å². The van der Waals surface area contributed by atoms with Gasteiger partial charge in [-0.25, -0.2) is 0 Å². The second-order valence-electron chi connectivity index (χ2n) is 4.85. The van der Waals surface area contributed by atoms with Crippen molar-refractivity contribution in [3.63, 3.8) is 0 Å². The first-order chi connectivity index (χ1) is 10.6. The molecule has 0 N–H and O–H groups in total. The minimum atomic E-state index is -0.647. The summed E-state index contributed by atoms with van der Waals surface area (Å²) in [6.45, 7) is 8.80. The second-order valence-corrected chi connectivity index (χ2v) is 4.85. The molecule has 1 rings (SSSR count). The van der Waals surface area contributed by atoms with E-state index < -0.39 is 36.7 Å². The molecule has 0 aromatic heterocycles. The highest BCUT2D eigenvalue weighted by Gasteiger charge is 2.49. The van der Waals surface area contributed by atoms with E-state index in [0.29, 0.717) is 26.4 Å². The van der Waals surface area contributed by atoms with Crippen LogP contribution >= 0.6 is 0 Å². The van der Waals surface area contributed by atoms with Gasteiger partial charge in [0.05, 0.1) is 6.61 Å². The minimum absolute atomic E-state index is 0.331. The van der Waals surface area contributed by atoms with Crippen LogP contribution in [0, 0.1) is 0 Å². The molecule has 1 aliphatic rings. The summed E-state index contributed by atoms with van der Waals surface area (Å²) in [5.74, 6) is -0.397. The van der Waals surface area contributed by atoms with Crippen LogP contribution in [0.5, 0.6) is 0 Å². The fourth-order valence-corrected chi connectivity index (χ4v) is 2.52. The topological polar surface area (TPSA) is 72.5 Å². The van der Waals surface area contributed by atoms with Gasteiger partial charge in [-0.1, -0.05) is 0 Å². The normalized spacial score (nSPS) is 32.0. The molecule has 0 bridgehead atoms. The number of methoxy groups -OCH3 is 1. The molecule has 5 unspecified atom stereocenters. The number of esters is 1. The number of rotatable bonds is 9. The van der Waals surface area contributed by atoms with Gasteiger partial charge in [-0.3, -0.25) is 4.79 Å². The molecule has 1 fully saturated rings. The molecule has 130 valence electrons. The number of ether oxygens (including phenoxy) is 6. The van der Waals surface area contributed by atoms with Crippen LogP contribution in [0.3, 0.4) is 0 Å². The van der Waals surface area contributed by atoms with E-state index in [1.165, 1.54) is 14.0 Å². The number of hydrogen-bond acceptors (Lipinski definition) is 7. The molecule has 5 atom stereocenters. The number of carbonyl (C=O) groups excluding carboxylic acids is 1. The SMILES string of the molecule is CCOCC1OC(OC)C(OCC)C(OC(C)=O)C1OCC. The molecule has 0 aromatic carbocycles. The molecule has 0 aromatic rings. The number of hydrogen-bond donors (Lipinski definition) is 0. The lowest BCUT2D eigenvalue weighted by atomic mass is 9.98. The van der Waals surface area contributed by atoms with Crippen LogP contribution in [-0.2, 0) is 33.2 Å². The molecule has 0 saturated carbocycles. The van der Waals surface area contributed by atoms with Gasteiger partial charge in [0.1, 0.15) is 18.3 Å². The Balaban J connectivity index is 3.00. The molecule has 0 spiro atoms. The Morgan fingerprint density at radius 3 is 2.14 bits per heavy atom. The van der Waals surface area contributed by atoms with Crippen molar-refractivity contribution in [3.05, 3.63) is 0 Å². The lowest BCUT2D eigenvalue weighted by molar-refractivity contribution is -0.312. The maximum absolute atomic E-state index is 11.5. The summed E-state index contributed by atoms with van der Waals surface area (Å²) in [7, 11) is 1.53. The maximum Gasteiger partial charge on any atom is 0.303 e. The predicted molar refractivity (Wildman–Crippen MR) is 78.5 cm³/mol. The van der Waals surface area contributed by atoms with Crippen molar-refractivity contribution in [2.75, 3.05) is 33.5 Å². The first-order valence-corrected chi connectivity index (χ1v) is 7.75. The molecule has 0 radical (unpaired) electrons. The van der Waals surface area contributed by atoms with Crippen molar-refractivity contribution in [2.24, 2.45) is 0 Å². The molecule has 1 aliphatic heterocycles. The summed E-state index contributed by atoms with van der Waals surface area (Å²) in [5.41, 5.74) is 0. The van der Waals surface area contributed by atoms with Gasteiger partial charge in [0.25, 0.3) is 0 Å². The van der Waals surface area contributed by atoms with Crippen LogP contribution in [0.2, 0.25) is 0 Å². The van der Waals surface area contributed by atoms with Crippen LogP contribution < -0.4 is 0 Å². The largest absolute Gasteiger partial charge is 0.457 e. The average Bonchev–Trinajstić information content (AvgIpc) is 2.49. The van der Waals surface area contributed by atoms with E-state index in [9.17, 15) is 4.79 Å². The quantitative estimate of drug-likeness (QED) is 0.590. The van der Waals surface area contributed by atoms with E-state index >= 15 is 0 Å². The van der Waals surface area contributed by atoms with E-state index in [2.05, 4.69) is 0 Å². The van der Waals surface area contributed by atoms with Gasteiger partial charge in [0, 0.05) is 33.9 Å². The molecule has 1 heterocycles. The van der Waals surface area contributed by atoms with Crippen LogP contribution in [0.25, 0.3) is 0 Å². The Labute approximate surface area is 132 Å². The summed E-state index contributed by atoms with van der Waals surface area (Å²) >= 11 is 0. The summed E-state index contributed by atoms with van der Waals surface area (Å²) in [6, 6.07) is 0. The number of carbonyl (C=O) groups is 1. The zero-order valence-electron chi connectivity index (χ0n) is 14.1. The molecule has 1 saturated heterocycles. The zero-order valence-corrected chi connectivity index (χ0v) is 14.1. The minimum Gasteiger partial charge on any atom is -0.457 e. The molecule has 22 heavy (non-hydrogen) atoms. The summed E-state index contributed by atoms with van der Waals surface area (Å²) in [6.07, 6.45) is -2.67. The predicted octanol–water partition coefficient (Wildman–Crippen LogP) is 1.14. The van der Waals surface area contributed by atoms with Crippen molar-refractivity contribution in [3.8, 4) is 0 Å². The standard InChI is InChI=1S/C15H28O7/c1-6-18-9-11-12(19-7-2)13(21-10(4)16)14(20-8-3)15(17-5)22-11/h11-15H,6-9H2,1-5H3. The molecule has 7 nitrogen and oxygen atoms in total. The van der Waals surface area contributed by atoms with Crippen molar-refractivity contribution < 1.29 is 33.2 Å². The Hall–Kier alpha value is -0.730. The Kier molecular flexibility index (Phi) is 8.89. The van der Waals surface area contributed by atoms with Gasteiger partial charge in [0.15, 0.2) is 12.4 Å². The van der Waals surface area contributed by atoms with Gasteiger partial charge in [-0.05, 0) is 20.8 Å². The fraction of sp³-hybridized carbons (Fsp3) is 0.933. The molecule has 7 heteroatoms. The Bertz CT molecular complexity index is 323. The van der Waals surface area contributed by atoms with E-state index in [1.807, 2.05) is 20.8 Å². The van der Waals surface area contributed by atoms with Gasteiger partial charge >= 0.3 is 5.97 Å². The van der Waals surface area contributed by atoms with Crippen LogP contribution in [-0.4, -0.2) is 70.2 Å². The summed E-state index contributed by atoms with van der Waals surface area (Å²) in [4.78, 5) is 11.5. The Morgan fingerprint density at radius 2 is 1.64 bits per heavy atom. The first kappa shape index (κ1) is 19.3. The third-order valence-corrected chi connectivity index (χ3v) is 3.33. The molecular formula is C15H28O7. The fourth-order valence-electron chi connectivity index (χ4n) is 2.52. The van der Waals surface area contributed by atoms with Crippen molar-refractivity contribution >= 4 is 5.97 Å². The smallest absolute Gasteiger partial charge is 0.303 e. The van der Waals surface area contributed by atoms with Gasteiger partial charge in [-0.2, -0.15) is 0 Å². The van der Waals surface area contributed by atoms with Crippen molar-refractivity contribution in [2.45, 2.75) is 58.4 Å². The highest BCUT2D eigenvalue weighted by Crippen LogP contribution is 2.29. The van der Waals surface area contributed by atoms with Gasteiger partial charge in [-0.15, -0.1) is 0 Å². The van der Waals surface area contributed by atoms with Crippen molar-refractivity contribution in [1.29, 1.82) is 0 Å². The maximum atomic E-state index is 11.5. The third kappa shape index (κ3) is 5.17. The van der Waals surface area contributed by atoms with E-state index in [4.69, 9.17) is 28.4 Å². The molecule has 0 amide bonds. The Morgan fingerprint density at radius 1 is 1.00 bits per heavy atom. The first-order valence-electron chi connectivity index (χ1n) is 7.75. The average molecular weight is 320 g/mol. The lowest BCUT2D eigenvalue weighted by Gasteiger charge is -2.44. The molecular weight excluding hydrogens is 292 g/mol. The van der Waals surface area contributed by atoms with E-state index in [0.717, 1.165) is 0 Å². The molecule has 0 aliphatic carbocycles. The van der Waals surface area contributed by atoms with E-state index in [-0.39, 0.29) is 0 Å². The zero-order chi connectivity index (χ0) is 16.5. The van der Waals surface area contributed by atoms with Crippen LogP contribution in [0.1, 0.15) is 27.7 Å². The second kappa shape index (κ2) is 10.1. The summed E-state index contributed by atoms with van der Waals surface area (Å²) < 4.78 is 33.6. The van der Waals surface area contributed by atoms with Crippen molar-refractivity contribution in [1.82, 2.24) is 0 Å². The summed E-state index contributed by atoms with van der Waals surface area (Å²) in [5, 5.41) is 0. The van der Waals surface area contributed by atoms with Gasteiger partial charge < -0.3 is 28.4 Å². The van der Waals surface area contributed by atoms with Crippen LogP contribution in [0.4, 0.5) is 0 Å². The monoisotopic (exact) mass is 320 g/mol. The third-order valence-electron chi connectivity index (χ3n) is 3.33. The lowest BCUT2D eigenvalue weighted by Crippen LogP contribution is -2.62. The van der Waals surface area contributed by atoms with Gasteiger partial charge in [0.2, 0.25) is 0 Å².